The zero-order chi connectivity index (χ0) is 25.1. The minimum absolute atomic E-state index is 0.135. The molecule has 9 heteroatoms. The fraction of sp³-hybridized carbons (Fsp3) is 0.346. The summed E-state index contributed by atoms with van der Waals surface area (Å²) in [6.07, 6.45) is 3.01. The molecule has 1 aliphatic rings. The number of nitrogens with two attached hydrogens (primary N) is 1. The van der Waals surface area contributed by atoms with Crippen molar-refractivity contribution in [3.63, 3.8) is 0 Å². The average molecular weight is 494 g/mol. The monoisotopic (exact) mass is 493 g/mol. The summed E-state index contributed by atoms with van der Waals surface area (Å²) in [5.74, 6) is -0.316. The molecule has 1 aromatic heterocycles. The van der Waals surface area contributed by atoms with Gasteiger partial charge in [-0.1, -0.05) is 29.5 Å². The average Bonchev–Trinajstić information content (AvgIpc) is 2.84. The smallest absolute Gasteiger partial charge is 0.332 e. The molecular formula is C26H31N5O3S. The molecular weight excluding hydrogens is 462 g/mol. The number of carbonyl (C=O) groups is 1. The van der Waals surface area contributed by atoms with Crippen molar-refractivity contribution in [3.8, 4) is 0 Å². The van der Waals surface area contributed by atoms with Crippen LogP contribution in [0.4, 0.5) is 17.2 Å². The molecule has 0 aliphatic carbocycles. The van der Waals surface area contributed by atoms with Crippen LogP contribution in [0.3, 0.4) is 0 Å². The Labute approximate surface area is 208 Å². The second kappa shape index (κ2) is 10.4. The summed E-state index contributed by atoms with van der Waals surface area (Å²) in [4.78, 5) is 42.8. The van der Waals surface area contributed by atoms with E-state index in [9.17, 15) is 14.4 Å². The van der Waals surface area contributed by atoms with Gasteiger partial charge in [0.05, 0.1) is 0 Å². The third kappa shape index (κ3) is 5.45. The highest BCUT2D eigenvalue weighted by molar-refractivity contribution is 7.99. The van der Waals surface area contributed by atoms with Gasteiger partial charge >= 0.3 is 5.69 Å². The molecule has 1 aliphatic heterocycles. The number of anilines is 3. The number of carbonyl (C=O) groups excluding carboxylic acids is 1. The number of nitrogens with zero attached hydrogens (tertiary/aromatic N) is 3. The van der Waals surface area contributed by atoms with Crippen molar-refractivity contribution in [1.82, 2.24) is 9.13 Å². The number of aromatic nitrogens is 2. The van der Waals surface area contributed by atoms with Crippen molar-refractivity contribution in [1.29, 1.82) is 0 Å². The molecule has 0 spiro atoms. The molecule has 0 unspecified atom stereocenters. The van der Waals surface area contributed by atoms with Gasteiger partial charge in [-0.2, -0.15) is 0 Å². The van der Waals surface area contributed by atoms with Gasteiger partial charge in [-0.05, 0) is 69.0 Å². The molecule has 2 aromatic carbocycles. The Morgan fingerprint density at radius 1 is 1.03 bits per heavy atom. The van der Waals surface area contributed by atoms with Crippen LogP contribution in [0.2, 0.25) is 0 Å². The van der Waals surface area contributed by atoms with Crippen LogP contribution >= 0.6 is 11.8 Å². The SMILES string of the molecule is Cc1ccc(Sc2ccc(NC(=O)Cn3c(=O)c(N4CCCCC4)c(N)n(C)c3=O)cc2)c(C)c1. The second-order valence-corrected chi connectivity index (χ2v) is 10.1. The highest BCUT2D eigenvalue weighted by atomic mass is 32.2. The Kier molecular flexibility index (Phi) is 7.35. The number of rotatable bonds is 6. The predicted molar refractivity (Wildman–Crippen MR) is 142 cm³/mol. The van der Waals surface area contributed by atoms with Crippen LogP contribution in [0.25, 0.3) is 0 Å². The fourth-order valence-electron chi connectivity index (χ4n) is 4.31. The van der Waals surface area contributed by atoms with Crippen LogP contribution < -0.4 is 27.2 Å². The minimum Gasteiger partial charge on any atom is -0.383 e. The van der Waals surface area contributed by atoms with E-state index < -0.39 is 17.2 Å². The molecule has 1 amide bonds. The van der Waals surface area contributed by atoms with Crippen molar-refractivity contribution in [2.24, 2.45) is 7.05 Å². The van der Waals surface area contributed by atoms with E-state index in [0.717, 1.165) is 28.7 Å². The number of hydrogen-bond donors (Lipinski definition) is 2. The van der Waals surface area contributed by atoms with Gasteiger partial charge in [-0.3, -0.25) is 14.2 Å². The summed E-state index contributed by atoms with van der Waals surface area (Å²) >= 11 is 1.66. The van der Waals surface area contributed by atoms with E-state index in [-0.39, 0.29) is 12.4 Å². The van der Waals surface area contributed by atoms with Gasteiger partial charge in [0, 0.05) is 35.6 Å². The third-order valence-corrected chi connectivity index (χ3v) is 7.43. The van der Waals surface area contributed by atoms with Crippen molar-refractivity contribution in [3.05, 3.63) is 74.4 Å². The fourth-order valence-corrected chi connectivity index (χ4v) is 5.19. The largest absolute Gasteiger partial charge is 0.383 e. The van der Waals surface area contributed by atoms with Crippen molar-refractivity contribution in [2.45, 2.75) is 49.4 Å². The first-order valence-electron chi connectivity index (χ1n) is 11.7. The molecule has 1 saturated heterocycles. The predicted octanol–water partition coefficient (Wildman–Crippen LogP) is 3.53. The summed E-state index contributed by atoms with van der Waals surface area (Å²) in [6.45, 7) is 5.18. The van der Waals surface area contributed by atoms with Gasteiger partial charge in [0.15, 0.2) is 0 Å². The van der Waals surface area contributed by atoms with Gasteiger partial charge < -0.3 is 16.0 Å². The van der Waals surface area contributed by atoms with Crippen LogP contribution in [0.5, 0.6) is 0 Å². The van der Waals surface area contributed by atoms with Gasteiger partial charge in [0.1, 0.15) is 18.1 Å². The van der Waals surface area contributed by atoms with Gasteiger partial charge in [-0.15, -0.1) is 0 Å². The molecule has 35 heavy (non-hydrogen) atoms. The quantitative estimate of drug-likeness (QED) is 0.545. The minimum atomic E-state index is -0.608. The van der Waals surface area contributed by atoms with E-state index in [1.165, 1.54) is 27.6 Å². The number of amides is 1. The summed E-state index contributed by atoms with van der Waals surface area (Å²) in [7, 11) is 1.52. The lowest BCUT2D eigenvalue weighted by Gasteiger charge is -2.29. The van der Waals surface area contributed by atoms with E-state index in [2.05, 4.69) is 37.4 Å². The lowest BCUT2D eigenvalue weighted by atomic mass is 10.1. The normalized spacial score (nSPS) is 13.6. The molecule has 0 saturated carbocycles. The molecule has 1 fully saturated rings. The Morgan fingerprint density at radius 2 is 1.71 bits per heavy atom. The Hall–Kier alpha value is -3.46. The van der Waals surface area contributed by atoms with Crippen molar-refractivity contribution in [2.75, 3.05) is 29.0 Å². The van der Waals surface area contributed by atoms with Crippen LogP contribution in [0.1, 0.15) is 30.4 Å². The maximum Gasteiger partial charge on any atom is 0.332 e. The van der Waals surface area contributed by atoms with E-state index in [1.54, 1.807) is 11.8 Å². The number of nitrogens with one attached hydrogen (secondary N) is 1. The lowest BCUT2D eigenvalue weighted by molar-refractivity contribution is -0.116. The first-order valence-corrected chi connectivity index (χ1v) is 12.6. The van der Waals surface area contributed by atoms with E-state index in [0.29, 0.717) is 24.5 Å². The first kappa shape index (κ1) is 24.7. The van der Waals surface area contributed by atoms with Gasteiger partial charge in [0.2, 0.25) is 5.91 Å². The number of nitrogen functional groups attached to an aromatic ring is 1. The molecule has 2 heterocycles. The summed E-state index contributed by atoms with van der Waals surface area (Å²) < 4.78 is 2.19. The lowest BCUT2D eigenvalue weighted by Crippen LogP contribution is -2.46. The number of piperidine rings is 1. The topological polar surface area (TPSA) is 102 Å². The van der Waals surface area contributed by atoms with E-state index in [4.69, 9.17) is 5.73 Å². The summed E-state index contributed by atoms with van der Waals surface area (Å²) in [5.41, 5.74) is 8.33. The molecule has 3 aromatic rings. The zero-order valence-electron chi connectivity index (χ0n) is 20.3. The maximum absolute atomic E-state index is 13.2. The Balaban J connectivity index is 1.49. The maximum atomic E-state index is 13.2. The van der Waals surface area contributed by atoms with Gasteiger partial charge in [0.25, 0.3) is 5.56 Å². The standard InChI is InChI=1S/C26H31N5O3S/c1-17-7-12-21(18(2)15-17)35-20-10-8-19(9-11-20)28-22(32)16-31-25(33)23(24(27)29(3)26(31)34)30-13-5-4-6-14-30/h7-12,15H,4-6,13-14,16,27H2,1-3H3,(H,28,32). The molecule has 184 valence electrons. The van der Waals surface area contributed by atoms with Gasteiger partial charge in [-0.25, -0.2) is 9.36 Å². The summed E-state index contributed by atoms with van der Waals surface area (Å²) in [5, 5.41) is 2.79. The molecule has 0 bridgehead atoms. The summed E-state index contributed by atoms with van der Waals surface area (Å²) in [6, 6.07) is 13.8. The van der Waals surface area contributed by atoms with Crippen LogP contribution in [-0.4, -0.2) is 28.1 Å². The molecule has 8 nitrogen and oxygen atoms in total. The van der Waals surface area contributed by atoms with Crippen LogP contribution in [0.15, 0.2) is 61.8 Å². The highest BCUT2D eigenvalue weighted by Crippen LogP contribution is 2.31. The second-order valence-electron chi connectivity index (χ2n) is 8.96. The van der Waals surface area contributed by atoms with E-state index >= 15 is 0 Å². The van der Waals surface area contributed by atoms with Crippen molar-refractivity contribution >= 4 is 34.9 Å². The van der Waals surface area contributed by atoms with Crippen LogP contribution in [0, 0.1) is 13.8 Å². The molecule has 3 N–H and O–H groups in total. The van der Waals surface area contributed by atoms with E-state index in [1.807, 2.05) is 29.2 Å². The number of aryl methyl sites for hydroxylation is 2. The Bertz CT molecular complexity index is 1360. The molecule has 0 atom stereocenters. The first-order chi connectivity index (χ1) is 16.7. The van der Waals surface area contributed by atoms with Crippen LogP contribution in [-0.2, 0) is 18.4 Å². The zero-order valence-corrected chi connectivity index (χ0v) is 21.2. The molecule has 0 radical (unpaired) electrons. The highest BCUT2D eigenvalue weighted by Gasteiger charge is 2.23. The molecule has 4 rings (SSSR count). The van der Waals surface area contributed by atoms with Crippen molar-refractivity contribution < 1.29 is 4.79 Å². The number of hydrogen-bond acceptors (Lipinski definition) is 6. The Morgan fingerprint density at radius 3 is 2.37 bits per heavy atom. The number of benzene rings is 2. The third-order valence-electron chi connectivity index (χ3n) is 6.24.